The summed E-state index contributed by atoms with van der Waals surface area (Å²) in [6.07, 6.45) is 1.71. The third-order valence-corrected chi connectivity index (χ3v) is 3.06. The van der Waals surface area contributed by atoms with E-state index >= 15 is 0 Å². The van der Waals surface area contributed by atoms with Crippen LogP contribution in [0.3, 0.4) is 0 Å². The zero-order valence-electron chi connectivity index (χ0n) is 11.4. The third-order valence-electron chi connectivity index (χ3n) is 3.06. The van der Waals surface area contributed by atoms with E-state index in [1.165, 1.54) is 12.1 Å². The van der Waals surface area contributed by atoms with Crippen molar-refractivity contribution in [2.75, 3.05) is 11.9 Å². The predicted octanol–water partition coefficient (Wildman–Crippen LogP) is 2.76. The molecule has 0 aliphatic carbocycles. The lowest BCUT2D eigenvalue weighted by molar-refractivity contribution is -0.384. The quantitative estimate of drug-likeness (QED) is 0.587. The number of nitro groups is 1. The summed E-state index contributed by atoms with van der Waals surface area (Å²) in [7, 11) is 0. The molecule has 2 aromatic heterocycles. The number of nitrogens with one attached hydrogen (secondary N) is 1. The molecule has 21 heavy (non-hydrogen) atoms. The maximum atomic E-state index is 11.1. The molecule has 1 aromatic carbocycles. The molecule has 0 saturated heterocycles. The highest BCUT2D eigenvalue weighted by atomic mass is 16.6. The largest absolute Gasteiger partial charge is 0.370 e. The Morgan fingerprint density at radius 1 is 1.33 bits per heavy atom. The molecule has 3 rings (SSSR count). The Balaban J connectivity index is 2.18. The number of fused-ring (bicyclic) bond motifs is 1. The van der Waals surface area contributed by atoms with Crippen LogP contribution in [-0.4, -0.2) is 26.2 Å². The van der Waals surface area contributed by atoms with Crippen LogP contribution in [-0.2, 0) is 0 Å². The third kappa shape index (κ3) is 2.40. The minimum absolute atomic E-state index is 0.0180. The molecule has 0 aliphatic heterocycles. The first-order chi connectivity index (χ1) is 10.2. The van der Waals surface area contributed by atoms with E-state index in [4.69, 9.17) is 0 Å². The Labute approximate surface area is 120 Å². The highest BCUT2D eigenvalue weighted by Gasteiger charge is 2.14. The van der Waals surface area contributed by atoms with Gasteiger partial charge in [0.25, 0.3) is 5.69 Å². The van der Waals surface area contributed by atoms with Crippen LogP contribution >= 0.6 is 0 Å². The number of nitrogens with zero attached hydrogens (tertiary/aromatic N) is 4. The van der Waals surface area contributed by atoms with Gasteiger partial charge < -0.3 is 5.32 Å². The predicted molar refractivity (Wildman–Crippen MR) is 79.7 cm³/mol. The van der Waals surface area contributed by atoms with E-state index in [1.807, 2.05) is 31.2 Å². The monoisotopic (exact) mass is 283 g/mol. The van der Waals surface area contributed by atoms with E-state index in [2.05, 4.69) is 15.4 Å². The van der Waals surface area contributed by atoms with Crippen LogP contribution in [0.25, 0.3) is 16.7 Å². The van der Waals surface area contributed by atoms with Crippen molar-refractivity contribution in [3.63, 3.8) is 0 Å². The molecular weight excluding hydrogens is 270 g/mol. The summed E-state index contributed by atoms with van der Waals surface area (Å²) in [6, 6.07) is 10.5. The molecule has 0 atom stereocenters. The summed E-state index contributed by atoms with van der Waals surface area (Å²) in [5.41, 5.74) is 0.837. The zero-order chi connectivity index (χ0) is 14.8. The summed E-state index contributed by atoms with van der Waals surface area (Å²) in [4.78, 5) is 15.0. The van der Waals surface area contributed by atoms with Crippen LogP contribution in [0.1, 0.15) is 6.92 Å². The van der Waals surface area contributed by atoms with Crippen molar-refractivity contribution in [3.8, 4) is 5.82 Å². The Hall–Kier alpha value is -2.96. The Morgan fingerprint density at radius 3 is 2.90 bits per heavy atom. The van der Waals surface area contributed by atoms with Gasteiger partial charge in [-0.3, -0.25) is 10.1 Å². The molecule has 0 spiro atoms. The van der Waals surface area contributed by atoms with Crippen LogP contribution in [0.2, 0.25) is 0 Å². The van der Waals surface area contributed by atoms with Crippen LogP contribution in [0.4, 0.5) is 11.5 Å². The summed E-state index contributed by atoms with van der Waals surface area (Å²) >= 11 is 0. The van der Waals surface area contributed by atoms with Crippen molar-refractivity contribution < 1.29 is 4.92 Å². The second kappa shape index (κ2) is 5.20. The van der Waals surface area contributed by atoms with Crippen LogP contribution in [0.15, 0.2) is 42.6 Å². The van der Waals surface area contributed by atoms with Gasteiger partial charge in [-0.1, -0.05) is 18.2 Å². The Bertz CT molecular complexity index is 812. The molecule has 2 heterocycles. The van der Waals surface area contributed by atoms with E-state index in [9.17, 15) is 10.1 Å². The number of hydrogen-bond acceptors (Lipinski definition) is 5. The molecule has 0 radical (unpaired) electrons. The minimum Gasteiger partial charge on any atom is -0.370 e. The molecule has 0 amide bonds. The van der Waals surface area contributed by atoms with Crippen molar-refractivity contribution in [2.45, 2.75) is 6.92 Å². The number of hydrogen-bond donors (Lipinski definition) is 1. The maximum Gasteiger partial charge on any atom is 0.276 e. The fourth-order valence-corrected chi connectivity index (χ4v) is 2.14. The number of benzene rings is 1. The van der Waals surface area contributed by atoms with Crippen molar-refractivity contribution >= 4 is 22.4 Å². The maximum absolute atomic E-state index is 11.1. The van der Waals surface area contributed by atoms with Crippen LogP contribution in [0.5, 0.6) is 0 Å². The lowest BCUT2D eigenvalue weighted by Crippen LogP contribution is -2.06. The van der Waals surface area contributed by atoms with Gasteiger partial charge in [0.2, 0.25) is 0 Å². The molecule has 0 fully saturated rings. The number of pyridine rings is 1. The molecule has 3 aromatic rings. The average Bonchev–Trinajstić information content (AvgIpc) is 2.91. The summed E-state index contributed by atoms with van der Waals surface area (Å²) in [6.45, 7) is 2.54. The van der Waals surface area contributed by atoms with Gasteiger partial charge >= 0.3 is 0 Å². The Morgan fingerprint density at radius 2 is 2.14 bits per heavy atom. The lowest BCUT2D eigenvalue weighted by atomic mass is 10.2. The van der Waals surface area contributed by atoms with Crippen molar-refractivity contribution in [1.29, 1.82) is 0 Å². The van der Waals surface area contributed by atoms with Crippen molar-refractivity contribution in [2.24, 2.45) is 0 Å². The molecule has 0 aliphatic rings. The molecule has 7 nitrogen and oxygen atoms in total. The fourth-order valence-electron chi connectivity index (χ4n) is 2.14. The van der Waals surface area contributed by atoms with Gasteiger partial charge in [0.15, 0.2) is 5.82 Å². The van der Waals surface area contributed by atoms with Gasteiger partial charge in [0.05, 0.1) is 28.8 Å². The van der Waals surface area contributed by atoms with Gasteiger partial charge in [0, 0.05) is 11.9 Å². The average molecular weight is 283 g/mol. The van der Waals surface area contributed by atoms with Crippen LogP contribution in [0, 0.1) is 10.1 Å². The van der Waals surface area contributed by atoms with Gasteiger partial charge in [-0.15, -0.1) is 0 Å². The summed E-state index contributed by atoms with van der Waals surface area (Å²) in [5, 5.41) is 19.3. The van der Waals surface area contributed by atoms with Gasteiger partial charge in [-0.05, 0) is 13.0 Å². The smallest absolute Gasteiger partial charge is 0.276 e. The minimum atomic E-state index is -0.433. The highest BCUT2D eigenvalue weighted by Crippen LogP contribution is 2.22. The van der Waals surface area contributed by atoms with Gasteiger partial charge in [0.1, 0.15) is 5.82 Å². The molecule has 0 unspecified atom stereocenters. The van der Waals surface area contributed by atoms with Crippen molar-refractivity contribution in [3.05, 3.63) is 52.7 Å². The Kier molecular flexibility index (Phi) is 3.23. The van der Waals surface area contributed by atoms with E-state index in [0.29, 0.717) is 18.2 Å². The summed E-state index contributed by atoms with van der Waals surface area (Å²) < 4.78 is 1.60. The lowest BCUT2D eigenvalue weighted by Gasteiger charge is -2.07. The zero-order valence-corrected chi connectivity index (χ0v) is 11.4. The van der Waals surface area contributed by atoms with Crippen molar-refractivity contribution in [1.82, 2.24) is 14.8 Å². The molecular formula is C14H13N5O2. The first kappa shape index (κ1) is 13.0. The topological polar surface area (TPSA) is 85.9 Å². The molecule has 0 bridgehead atoms. The number of anilines is 1. The summed E-state index contributed by atoms with van der Waals surface area (Å²) in [5.74, 6) is 0.877. The van der Waals surface area contributed by atoms with Gasteiger partial charge in [-0.2, -0.15) is 5.10 Å². The molecule has 106 valence electrons. The molecule has 1 N–H and O–H groups in total. The first-order valence-corrected chi connectivity index (χ1v) is 6.52. The van der Waals surface area contributed by atoms with E-state index in [0.717, 1.165) is 10.9 Å². The normalized spacial score (nSPS) is 10.7. The molecule has 0 saturated carbocycles. The molecule has 7 heteroatoms. The first-order valence-electron chi connectivity index (χ1n) is 6.52. The van der Waals surface area contributed by atoms with E-state index < -0.39 is 4.92 Å². The van der Waals surface area contributed by atoms with Crippen LogP contribution < -0.4 is 5.32 Å². The second-order valence-electron chi connectivity index (χ2n) is 4.47. The standard InChI is InChI=1S/C14H13N5O2/c1-2-15-13-7-11(19(20)21)8-14(17-13)18-12-6-4-3-5-10(12)9-16-18/h3-9H,2H2,1H3,(H,15,17). The van der Waals surface area contributed by atoms with E-state index in [-0.39, 0.29) is 5.69 Å². The van der Waals surface area contributed by atoms with Gasteiger partial charge in [-0.25, -0.2) is 9.67 Å². The number of rotatable bonds is 4. The van der Waals surface area contributed by atoms with E-state index in [1.54, 1.807) is 10.9 Å². The SMILES string of the molecule is CCNc1cc([N+](=O)[O-])cc(-n2ncc3ccccc32)n1. The fraction of sp³-hybridized carbons (Fsp3) is 0.143. The highest BCUT2D eigenvalue weighted by molar-refractivity contribution is 5.80. The number of para-hydroxylation sites is 1. The second-order valence-corrected chi connectivity index (χ2v) is 4.47. The number of aromatic nitrogens is 3.